The highest BCUT2D eigenvalue weighted by atomic mass is 16.5. The standard InChI is InChI=1S/C13H11NO3/c1-17-13(15)12-4-2-10(3-5-12)11-6-8-14(16)9-7-11/h2-9H,1H3. The van der Waals surface area contributed by atoms with Crippen molar-refractivity contribution in [3.8, 4) is 11.1 Å². The topological polar surface area (TPSA) is 53.2 Å². The summed E-state index contributed by atoms with van der Waals surface area (Å²) in [5.41, 5.74) is 2.37. The van der Waals surface area contributed by atoms with Crippen LogP contribution in [0.25, 0.3) is 11.1 Å². The lowest BCUT2D eigenvalue weighted by atomic mass is 10.1. The maximum atomic E-state index is 11.2. The predicted octanol–water partition coefficient (Wildman–Crippen LogP) is 1.77. The summed E-state index contributed by atoms with van der Waals surface area (Å²) in [6, 6.07) is 10.5. The molecule has 1 aromatic heterocycles. The van der Waals surface area contributed by atoms with Gasteiger partial charge in [0, 0.05) is 12.1 Å². The average Bonchev–Trinajstić information content (AvgIpc) is 2.39. The molecule has 2 aromatic rings. The van der Waals surface area contributed by atoms with E-state index in [9.17, 15) is 10.0 Å². The number of aromatic nitrogens is 1. The van der Waals surface area contributed by atoms with Gasteiger partial charge in [-0.2, -0.15) is 4.73 Å². The number of hydrogen-bond acceptors (Lipinski definition) is 3. The van der Waals surface area contributed by atoms with Crippen LogP contribution in [0.4, 0.5) is 0 Å². The van der Waals surface area contributed by atoms with Gasteiger partial charge in [0.2, 0.25) is 0 Å². The second-order valence-electron chi connectivity index (χ2n) is 3.52. The van der Waals surface area contributed by atoms with Crippen molar-refractivity contribution in [2.45, 2.75) is 0 Å². The summed E-state index contributed by atoms with van der Waals surface area (Å²) in [4.78, 5) is 11.2. The number of rotatable bonds is 2. The van der Waals surface area contributed by atoms with Crippen LogP contribution in [0.5, 0.6) is 0 Å². The minimum atomic E-state index is -0.359. The Labute approximate surface area is 98.7 Å². The molecule has 0 spiro atoms. The van der Waals surface area contributed by atoms with Crippen LogP contribution >= 0.6 is 0 Å². The molecule has 0 saturated heterocycles. The van der Waals surface area contributed by atoms with Gasteiger partial charge >= 0.3 is 5.97 Å². The van der Waals surface area contributed by atoms with Crippen LogP contribution in [-0.4, -0.2) is 13.1 Å². The number of ether oxygens (including phenoxy) is 1. The smallest absolute Gasteiger partial charge is 0.337 e. The fourth-order valence-corrected chi connectivity index (χ4v) is 1.52. The Bertz CT molecular complexity index is 517. The van der Waals surface area contributed by atoms with Crippen molar-refractivity contribution in [1.29, 1.82) is 0 Å². The number of hydrogen-bond donors (Lipinski definition) is 0. The Kier molecular flexibility index (Phi) is 3.05. The number of methoxy groups -OCH3 is 1. The molecule has 2 rings (SSSR count). The van der Waals surface area contributed by atoms with Crippen molar-refractivity contribution < 1.29 is 14.3 Å². The van der Waals surface area contributed by atoms with Gasteiger partial charge < -0.3 is 9.94 Å². The SMILES string of the molecule is COC(=O)c1ccc(-c2cc[n+]([O-])cc2)cc1. The summed E-state index contributed by atoms with van der Waals surface area (Å²) in [7, 11) is 1.35. The molecule has 4 heteroatoms. The zero-order chi connectivity index (χ0) is 12.3. The van der Waals surface area contributed by atoms with Crippen molar-refractivity contribution in [3.05, 3.63) is 59.6 Å². The predicted molar refractivity (Wildman–Crippen MR) is 62.2 cm³/mol. The molecule has 0 bridgehead atoms. The van der Waals surface area contributed by atoms with Crippen molar-refractivity contribution in [1.82, 2.24) is 0 Å². The first-order chi connectivity index (χ1) is 8.20. The number of carbonyl (C=O) groups excluding carboxylic acids is 1. The quantitative estimate of drug-likeness (QED) is 0.448. The van der Waals surface area contributed by atoms with Gasteiger partial charge in [-0.1, -0.05) is 12.1 Å². The number of nitrogens with zero attached hydrogens (tertiary/aromatic N) is 1. The maximum absolute atomic E-state index is 11.2. The van der Waals surface area contributed by atoms with Crippen LogP contribution in [0.15, 0.2) is 48.8 Å². The van der Waals surface area contributed by atoms with Crippen LogP contribution < -0.4 is 4.73 Å². The zero-order valence-corrected chi connectivity index (χ0v) is 9.29. The van der Waals surface area contributed by atoms with Crippen molar-refractivity contribution >= 4 is 5.97 Å². The molecule has 0 aliphatic carbocycles. The van der Waals surface area contributed by atoms with E-state index < -0.39 is 0 Å². The van der Waals surface area contributed by atoms with Gasteiger partial charge in [0.15, 0.2) is 12.4 Å². The lowest BCUT2D eigenvalue weighted by molar-refractivity contribution is -0.605. The molecule has 0 N–H and O–H groups in total. The molecule has 0 amide bonds. The summed E-state index contributed by atoms with van der Waals surface area (Å²) < 4.78 is 5.34. The molecule has 0 unspecified atom stereocenters. The molecule has 1 heterocycles. The molecule has 0 atom stereocenters. The lowest BCUT2D eigenvalue weighted by Gasteiger charge is -2.03. The van der Waals surface area contributed by atoms with E-state index in [-0.39, 0.29) is 5.97 Å². The van der Waals surface area contributed by atoms with E-state index in [0.717, 1.165) is 15.9 Å². The van der Waals surface area contributed by atoms with E-state index >= 15 is 0 Å². The highest BCUT2D eigenvalue weighted by molar-refractivity contribution is 5.89. The average molecular weight is 229 g/mol. The van der Waals surface area contributed by atoms with Crippen LogP contribution in [0.3, 0.4) is 0 Å². The molecule has 17 heavy (non-hydrogen) atoms. The summed E-state index contributed by atoms with van der Waals surface area (Å²) >= 11 is 0. The molecule has 1 aromatic carbocycles. The third kappa shape index (κ3) is 2.42. The van der Waals surface area contributed by atoms with Gasteiger partial charge in [0.1, 0.15) is 0 Å². The van der Waals surface area contributed by atoms with Gasteiger partial charge in [-0.3, -0.25) is 0 Å². The van der Waals surface area contributed by atoms with Crippen LogP contribution in [0.1, 0.15) is 10.4 Å². The third-order valence-electron chi connectivity index (χ3n) is 2.44. The summed E-state index contributed by atoms with van der Waals surface area (Å²) in [5, 5.41) is 10.9. The Morgan fingerprint density at radius 2 is 1.59 bits per heavy atom. The molecule has 0 aliphatic rings. The molecule has 0 fully saturated rings. The highest BCUT2D eigenvalue weighted by Crippen LogP contribution is 2.18. The van der Waals surface area contributed by atoms with Gasteiger partial charge in [0.25, 0.3) is 0 Å². The number of pyridine rings is 1. The zero-order valence-electron chi connectivity index (χ0n) is 9.29. The van der Waals surface area contributed by atoms with E-state index in [2.05, 4.69) is 4.74 Å². The Morgan fingerprint density at radius 1 is 1.06 bits per heavy atom. The molecule has 0 saturated carbocycles. The second-order valence-corrected chi connectivity index (χ2v) is 3.52. The van der Waals surface area contributed by atoms with Gasteiger partial charge in [0.05, 0.1) is 12.7 Å². The number of benzene rings is 1. The molecular weight excluding hydrogens is 218 g/mol. The van der Waals surface area contributed by atoms with Gasteiger partial charge in [-0.25, -0.2) is 4.79 Å². The van der Waals surface area contributed by atoms with E-state index in [1.807, 2.05) is 12.1 Å². The van der Waals surface area contributed by atoms with E-state index in [0.29, 0.717) is 5.56 Å². The normalized spacial score (nSPS) is 9.94. The molecule has 86 valence electrons. The molecule has 0 aliphatic heterocycles. The van der Waals surface area contributed by atoms with Crippen LogP contribution in [0.2, 0.25) is 0 Å². The minimum absolute atomic E-state index is 0.359. The molecular formula is C13H11NO3. The third-order valence-corrected chi connectivity index (χ3v) is 2.44. The fourth-order valence-electron chi connectivity index (χ4n) is 1.52. The molecule has 0 radical (unpaired) electrons. The minimum Gasteiger partial charge on any atom is -0.619 e. The Hall–Kier alpha value is -2.36. The van der Waals surface area contributed by atoms with Crippen molar-refractivity contribution in [2.75, 3.05) is 7.11 Å². The monoisotopic (exact) mass is 229 g/mol. The molecule has 4 nitrogen and oxygen atoms in total. The highest BCUT2D eigenvalue weighted by Gasteiger charge is 2.05. The second kappa shape index (κ2) is 4.65. The van der Waals surface area contributed by atoms with Crippen LogP contribution in [-0.2, 0) is 4.74 Å². The largest absolute Gasteiger partial charge is 0.619 e. The van der Waals surface area contributed by atoms with Gasteiger partial charge in [-0.15, -0.1) is 0 Å². The summed E-state index contributed by atoms with van der Waals surface area (Å²) in [6.45, 7) is 0. The Morgan fingerprint density at radius 3 is 2.12 bits per heavy atom. The first-order valence-corrected chi connectivity index (χ1v) is 5.08. The van der Waals surface area contributed by atoms with Crippen LogP contribution in [0, 0.1) is 5.21 Å². The van der Waals surface area contributed by atoms with E-state index in [1.54, 1.807) is 24.3 Å². The first-order valence-electron chi connectivity index (χ1n) is 5.08. The maximum Gasteiger partial charge on any atom is 0.337 e. The number of esters is 1. The van der Waals surface area contributed by atoms with E-state index in [4.69, 9.17) is 0 Å². The van der Waals surface area contributed by atoms with Crippen molar-refractivity contribution in [2.24, 2.45) is 0 Å². The first kappa shape index (κ1) is 11.1. The van der Waals surface area contributed by atoms with Gasteiger partial charge in [-0.05, 0) is 23.3 Å². The lowest BCUT2D eigenvalue weighted by Crippen LogP contribution is -2.23. The summed E-state index contributed by atoms with van der Waals surface area (Å²) in [5.74, 6) is -0.359. The van der Waals surface area contributed by atoms with E-state index in [1.165, 1.54) is 19.5 Å². The summed E-state index contributed by atoms with van der Waals surface area (Å²) in [6.07, 6.45) is 2.87. The number of carbonyl (C=O) groups is 1. The fraction of sp³-hybridized carbons (Fsp3) is 0.0769. The Balaban J connectivity index is 2.29. The van der Waals surface area contributed by atoms with Crippen molar-refractivity contribution in [3.63, 3.8) is 0 Å².